The molecule has 1 aromatic carbocycles. The number of ether oxygens (including phenoxy) is 1. The highest BCUT2D eigenvalue weighted by Crippen LogP contribution is 2.51. The molecule has 2 aliphatic heterocycles. The van der Waals surface area contributed by atoms with E-state index < -0.39 is 23.7 Å². The maximum Gasteiger partial charge on any atom is 0.416 e. The molecule has 1 saturated carbocycles. The van der Waals surface area contributed by atoms with Crippen LogP contribution >= 0.6 is 0 Å². The van der Waals surface area contributed by atoms with E-state index >= 15 is 0 Å². The van der Waals surface area contributed by atoms with E-state index in [9.17, 15) is 22.8 Å². The summed E-state index contributed by atoms with van der Waals surface area (Å²) >= 11 is 0. The quantitative estimate of drug-likeness (QED) is 0.558. The summed E-state index contributed by atoms with van der Waals surface area (Å²) in [4.78, 5) is 29.0. The summed E-state index contributed by atoms with van der Waals surface area (Å²) in [5.41, 5.74) is 0.358. The van der Waals surface area contributed by atoms with Gasteiger partial charge < -0.3 is 24.8 Å². The molecule has 2 aromatic rings. The summed E-state index contributed by atoms with van der Waals surface area (Å²) in [7, 11) is 2.11. The Morgan fingerprint density at radius 2 is 1.87 bits per heavy atom. The first-order valence-corrected chi connectivity index (χ1v) is 13.3. The lowest BCUT2D eigenvalue weighted by atomic mass is 9.97. The van der Waals surface area contributed by atoms with Crippen LogP contribution in [-0.4, -0.2) is 55.3 Å². The lowest BCUT2D eigenvalue weighted by Crippen LogP contribution is -2.33. The van der Waals surface area contributed by atoms with Crippen LogP contribution in [0.15, 0.2) is 35.3 Å². The van der Waals surface area contributed by atoms with Gasteiger partial charge in [0, 0.05) is 51.2 Å². The van der Waals surface area contributed by atoms with E-state index in [1.165, 1.54) is 19.1 Å². The van der Waals surface area contributed by atoms with Gasteiger partial charge in [0.1, 0.15) is 0 Å². The van der Waals surface area contributed by atoms with E-state index in [2.05, 4.69) is 22.6 Å². The summed E-state index contributed by atoms with van der Waals surface area (Å²) in [5, 5.41) is 6.24. The smallest absolute Gasteiger partial charge is 0.384 e. The molecule has 7 nitrogen and oxygen atoms in total. The number of hydrogen-bond donors (Lipinski definition) is 2. The summed E-state index contributed by atoms with van der Waals surface area (Å²) < 4.78 is 47.4. The fourth-order valence-corrected chi connectivity index (χ4v) is 6.30. The van der Waals surface area contributed by atoms with E-state index in [4.69, 9.17) is 4.74 Å². The molecule has 1 aromatic heterocycles. The largest absolute Gasteiger partial charge is 0.416 e. The molecule has 206 valence electrons. The lowest BCUT2D eigenvalue weighted by Gasteiger charge is -2.26. The number of amides is 1. The number of rotatable bonds is 7. The molecule has 3 atom stereocenters. The molecule has 3 heterocycles. The van der Waals surface area contributed by atoms with Crippen molar-refractivity contribution in [3.05, 3.63) is 63.1 Å². The number of fused-ring (bicyclic) bond motifs is 1. The van der Waals surface area contributed by atoms with Crippen LogP contribution in [0.25, 0.3) is 0 Å². The van der Waals surface area contributed by atoms with Gasteiger partial charge in [-0.25, -0.2) is 0 Å². The van der Waals surface area contributed by atoms with Crippen molar-refractivity contribution in [3.63, 3.8) is 0 Å². The molecular weight excluding hydrogens is 497 g/mol. The molecule has 3 fully saturated rings. The zero-order chi connectivity index (χ0) is 27.2. The second-order valence-corrected chi connectivity index (χ2v) is 11.0. The minimum Gasteiger partial charge on any atom is -0.384 e. The summed E-state index contributed by atoms with van der Waals surface area (Å²) in [6, 6.07) is 4.74. The molecule has 2 unspecified atom stereocenters. The molecule has 3 aliphatic rings. The first-order valence-electron chi connectivity index (χ1n) is 13.3. The molecule has 2 saturated heterocycles. The van der Waals surface area contributed by atoms with Crippen molar-refractivity contribution in [1.29, 1.82) is 0 Å². The third kappa shape index (κ3) is 5.33. The first kappa shape index (κ1) is 26.7. The number of nitrogens with one attached hydrogen (secondary N) is 2. The van der Waals surface area contributed by atoms with E-state index in [-0.39, 0.29) is 17.2 Å². The third-order valence-corrected chi connectivity index (χ3v) is 8.49. The van der Waals surface area contributed by atoms with E-state index in [1.807, 2.05) is 0 Å². The van der Waals surface area contributed by atoms with Gasteiger partial charge in [-0.15, -0.1) is 0 Å². The summed E-state index contributed by atoms with van der Waals surface area (Å²) in [6.45, 7) is 6.97. The molecule has 0 radical (unpaired) electrons. The fourth-order valence-electron chi connectivity index (χ4n) is 6.30. The van der Waals surface area contributed by atoms with Gasteiger partial charge in [0.25, 0.3) is 11.5 Å². The van der Waals surface area contributed by atoms with E-state index in [1.54, 1.807) is 23.8 Å². The third-order valence-electron chi connectivity index (χ3n) is 8.49. The van der Waals surface area contributed by atoms with Gasteiger partial charge in [-0.1, -0.05) is 12.1 Å². The highest BCUT2D eigenvalue weighted by molar-refractivity contribution is 5.99. The lowest BCUT2D eigenvalue weighted by molar-refractivity contribution is -0.138. The number of carbonyl (C=O) groups excluding carboxylic acids is 1. The number of anilines is 1. The van der Waals surface area contributed by atoms with Crippen LogP contribution in [0.2, 0.25) is 0 Å². The molecule has 5 rings (SSSR count). The average molecular weight is 533 g/mol. The van der Waals surface area contributed by atoms with Gasteiger partial charge in [-0.2, -0.15) is 13.2 Å². The molecule has 2 N–H and O–H groups in total. The van der Waals surface area contributed by atoms with Crippen LogP contribution in [0.5, 0.6) is 0 Å². The van der Waals surface area contributed by atoms with Crippen LogP contribution < -0.4 is 16.2 Å². The van der Waals surface area contributed by atoms with Crippen molar-refractivity contribution in [3.8, 4) is 0 Å². The Hall–Kier alpha value is -2.85. The number of alkyl halides is 3. The van der Waals surface area contributed by atoms with E-state index in [0.29, 0.717) is 67.2 Å². The second-order valence-electron chi connectivity index (χ2n) is 11.0. The zero-order valence-electron chi connectivity index (χ0n) is 22.0. The van der Waals surface area contributed by atoms with Gasteiger partial charge in [-0.05, 0) is 68.7 Å². The topological polar surface area (TPSA) is 75.6 Å². The van der Waals surface area contributed by atoms with Crippen molar-refractivity contribution >= 4 is 11.6 Å². The van der Waals surface area contributed by atoms with E-state index in [0.717, 1.165) is 19.2 Å². The highest BCUT2D eigenvalue weighted by Gasteiger charge is 2.54. The number of likely N-dealkylation sites (tertiary alicyclic amines) is 1. The highest BCUT2D eigenvalue weighted by atomic mass is 19.4. The van der Waals surface area contributed by atoms with Gasteiger partial charge in [-0.3, -0.25) is 9.59 Å². The standard InChI is InChI=1S/C28H35F3N4O3/c1-16-19(5-4-6-24(16)28(29,30)31)17(2)33-27(37)23-15-35(18-7-9-38-10-8-18)26(36)11-25(23)32-12-20-21-13-34(3)14-22(20)21/h4-6,11,15,17-18,20-22,32H,7-10,12-14H2,1-3H3,(H,33,37)/t17-,20?,21?,22?/m1/s1. The van der Waals surface area contributed by atoms with Crippen molar-refractivity contribution in [2.24, 2.45) is 17.8 Å². The van der Waals surface area contributed by atoms with Crippen LogP contribution in [0.3, 0.4) is 0 Å². The Labute approximate surface area is 220 Å². The molecule has 0 spiro atoms. The number of hydrogen-bond acceptors (Lipinski definition) is 5. The number of benzene rings is 1. The number of halogens is 3. The van der Waals surface area contributed by atoms with Crippen LogP contribution in [0.1, 0.15) is 58.9 Å². The zero-order valence-corrected chi connectivity index (χ0v) is 22.0. The monoisotopic (exact) mass is 532 g/mol. The van der Waals surface area contributed by atoms with Crippen molar-refractivity contribution in [2.75, 3.05) is 45.2 Å². The molecular formula is C28H35F3N4O3. The van der Waals surface area contributed by atoms with Crippen LogP contribution in [-0.2, 0) is 10.9 Å². The predicted octanol–water partition coefficient (Wildman–Crippen LogP) is 4.24. The Balaban J connectivity index is 1.39. The second kappa shape index (κ2) is 10.4. The maximum absolute atomic E-state index is 13.6. The number of carbonyl (C=O) groups is 1. The maximum atomic E-state index is 13.6. The molecule has 10 heteroatoms. The summed E-state index contributed by atoms with van der Waals surface area (Å²) in [6.07, 6.45) is -1.53. The molecule has 0 bridgehead atoms. The van der Waals surface area contributed by atoms with Gasteiger partial charge in [0.05, 0.1) is 22.9 Å². The SMILES string of the molecule is Cc1c([C@@H](C)NC(=O)c2cn(C3CCOCC3)c(=O)cc2NCC2C3CN(C)CC23)cccc1C(F)(F)F. The Morgan fingerprint density at radius 3 is 2.53 bits per heavy atom. The van der Waals surface area contributed by atoms with Crippen molar-refractivity contribution < 1.29 is 22.7 Å². The molecule has 38 heavy (non-hydrogen) atoms. The normalized spacial score (nSPS) is 24.6. The van der Waals surface area contributed by atoms with Gasteiger partial charge >= 0.3 is 6.18 Å². The average Bonchev–Trinajstić information content (AvgIpc) is 3.33. The minimum absolute atomic E-state index is 0.0710. The van der Waals surface area contributed by atoms with Gasteiger partial charge in [0.15, 0.2) is 0 Å². The number of piperidine rings is 1. The Bertz CT molecular complexity index is 1240. The molecule has 1 aliphatic carbocycles. The predicted molar refractivity (Wildman–Crippen MR) is 138 cm³/mol. The number of nitrogens with zero attached hydrogens (tertiary/aromatic N) is 2. The minimum atomic E-state index is -4.48. The Kier molecular flexibility index (Phi) is 7.30. The van der Waals surface area contributed by atoms with Crippen molar-refractivity contribution in [2.45, 2.75) is 44.9 Å². The van der Waals surface area contributed by atoms with Crippen molar-refractivity contribution in [1.82, 2.24) is 14.8 Å². The van der Waals surface area contributed by atoms with Crippen LogP contribution in [0.4, 0.5) is 18.9 Å². The number of aromatic nitrogens is 1. The Morgan fingerprint density at radius 1 is 1.18 bits per heavy atom. The fraction of sp³-hybridized carbons (Fsp3) is 0.571. The summed E-state index contributed by atoms with van der Waals surface area (Å²) in [5.74, 6) is 1.34. The number of pyridine rings is 1. The van der Waals surface area contributed by atoms with Gasteiger partial charge in [0.2, 0.25) is 0 Å². The molecule has 1 amide bonds. The van der Waals surface area contributed by atoms with Crippen LogP contribution in [0, 0.1) is 24.7 Å². The first-order chi connectivity index (χ1) is 18.0.